The summed E-state index contributed by atoms with van der Waals surface area (Å²) in [5.74, 6) is 0.245. The molecule has 1 fully saturated rings. The van der Waals surface area contributed by atoms with E-state index in [0.717, 1.165) is 6.42 Å². The molecule has 64 valence electrons. The number of hydrogen-bond acceptors (Lipinski definition) is 3. The molecular formula is C8H14O3. The predicted molar refractivity (Wildman–Crippen MR) is 40.5 cm³/mol. The molecule has 0 spiro atoms. The second kappa shape index (κ2) is 3.83. The van der Waals surface area contributed by atoms with Crippen LogP contribution in [-0.4, -0.2) is 32.2 Å². The molecule has 0 saturated heterocycles. The van der Waals surface area contributed by atoms with Crippen LogP contribution in [0.5, 0.6) is 0 Å². The number of methoxy groups -OCH3 is 2. The Bertz CT molecular complexity index is 130. The van der Waals surface area contributed by atoms with E-state index in [9.17, 15) is 4.79 Å². The monoisotopic (exact) mass is 158 g/mol. The Kier molecular flexibility index (Phi) is 3.02. The highest BCUT2D eigenvalue weighted by Crippen LogP contribution is 2.19. The fourth-order valence-electron chi connectivity index (χ4n) is 1.41. The number of Topliss-reactive ketones (excluding diaryl/α,β-unsaturated/α-hetero) is 1. The first kappa shape index (κ1) is 8.68. The average molecular weight is 158 g/mol. The molecule has 1 rings (SSSR count). The Balaban J connectivity index is 2.43. The van der Waals surface area contributed by atoms with E-state index < -0.39 is 0 Å². The molecule has 1 saturated carbocycles. The minimum atomic E-state index is 0.0706. The van der Waals surface area contributed by atoms with Crippen molar-refractivity contribution in [2.75, 3.05) is 14.2 Å². The standard InChI is InChI=1S/C8H14O3/c1-10-7-3-6(9)4-8(5-7)11-2/h7-8H,3-5H2,1-2H3/t7-,8+. The lowest BCUT2D eigenvalue weighted by atomic mass is 9.94. The second-order valence-corrected chi connectivity index (χ2v) is 2.90. The van der Waals surface area contributed by atoms with Crippen LogP contribution in [0.25, 0.3) is 0 Å². The van der Waals surface area contributed by atoms with Gasteiger partial charge in [-0.25, -0.2) is 0 Å². The smallest absolute Gasteiger partial charge is 0.138 e. The lowest BCUT2D eigenvalue weighted by molar-refractivity contribution is -0.129. The fourth-order valence-corrected chi connectivity index (χ4v) is 1.41. The molecule has 0 aromatic rings. The van der Waals surface area contributed by atoms with Gasteiger partial charge in [-0.1, -0.05) is 0 Å². The maximum atomic E-state index is 11.0. The van der Waals surface area contributed by atoms with Gasteiger partial charge in [0.2, 0.25) is 0 Å². The minimum Gasteiger partial charge on any atom is -0.381 e. The number of ketones is 1. The Morgan fingerprint density at radius 1 is 1.18 bits per heavy atom. The largest absolute Gasteiger partial charge is 0.381 e. The first-order valence-corrected chi connectivity index (χ1v) is 3.83. The first-order chi connectivity index (χ1) is 5.26. The van der Waals surface area contributed by atoms with Crippen LogP contribution in [0.1, 0.15) is 19.3 Å². The Labute approximate surface area is 66.7 Å². The molecule has 0 unspecified atom stereocenters. The third-order valence-corrected chi connectivity index (χ3v) is 2.10. The SMILES string of the molecule is CO[C@@H]1CC(=O)C[C@H](OC)C1. The van der Waals surface area contributed by atoms with Crippen LogP contribution in [0.4, 0.5) is 0 Å². The van der Waals surface area contributed by atoms with E-state index in [1.165, 1.54) is 0 Å². The van der Waals surface area contributed by atoms with E-state index in [1.54, 1.807) is 14.2 Å². The molecule has 3 nitrogen and oxygen atoms in total. The summed E-state index contributed by atoms with van der Waals surface area (Å²) in [6.07, 6.45) is 2.09. The summed E-state index contributed by atoms with van der Waals surface area (Å²) in [4.78, 5) is 11.0. The van der Waals surface area contributed by atoms with Crippen LogP contribution < -0.4 is 0 Å². The van der Waals surface area contributed by atoms with Crippen LogP contribution >= 0.6 is 0 Å². The molecule has 1 aliphatic rings. The van der Waals surface area contributed by atoms with Gasteiger partial charge in [-0.05, 0) is 0 Å². The first-order valence-electron chi connectivity index (χ1n) is 3.83. The van der Waals surface area contributed by atoms with E-state index in [2.05, 4.69) is 0 Å². The van der Waals surface area contributed by atoms with Gasteiger partial charge in [0.25, 0.3) is 0 Å². The average Bonchev–Trinajstić information content (AvgIpc) is 2.03. The molecule has 0 amide bonds. The van der Waals surface area contributed by atoms with Crippen molar-refractivity contribution in [1.82, 2.24) is 0 Å². The molecule has 11 heavy (non-hydrogen) atoms. The molecule has 0 bridgehead atoms. The number of carbonyl (C=O) groups is 1. The maximum absolute atomic E-state index is 11.0. The normalized spacial score (nSPS) is 32.4. The maximum Gasteiger partial charge on any atom is 0.138 e. The van der Waals surface area contributed by atoms with Crippen molar-refractivity contribution in [2.45, 2.75) is 31.5 Å². The van der Waals surface area contributed by atoms with Gasteiger partial charge in [0.05, 0.1) is 12.2 Å². The van der Waals surface area contributed by atoms with Gasteiger partial charge in [-0.15, -0.1) is 0 Å². The second-order valence-electron chi connectivity index (χ2n) is 2.90. The number of carbonyl (C=O) groups excluding carboxylic acids is 1. The van der Waals surface area contributed by atoms with Gasteiger partial charge in [0, 0.05) is 33.5 Å². The van der Waals surface area contributed by atoms with Gasteiger partial charge in [0.15, 0.2) is 0 Å². The summed E-state index contributed by atoms with van der Waals surface area (Å²) in [6.45, 7) is 0. The molecule has 0 aromatic carbocycles. The molecule has 0 radical (unpaired) electrons. The van der Waals surface area contributed by atoms with E-state index in [4.69, 9.17) is 9.47 Å². The van der Waals surface area contributed by atoms with Crippen molar-refractivity contribution < 1.29 is 14.3 Å². The third kappa shape index (κ3) is 2.27. The summed E-state index contributed by atoms with van der Waals surface area (Å²) in [5.41, 5.74) is 0. The van der Waals surface area contributed by atoms with E-state index in [-0.39, 0.29) is 18.0 Å². The molecule has 0 aliphatic heterocycles. The molecule has 3 heteroatoms. The van der Waals surface area contributed by atoms with Gasteiger partial charge >= 0.3 is 0 Å². The Morgan fingerprint density at radius 3 is 2.00 bits per heavy atom. The number of ether oxygens (including phenoxy) is 2. The third-order valence-electron chi connectivity index (χ3n) is 2.10. The van der Waals surface area contributed by atoms with Gasteiger partial charge < -0.3 is 9.47 Å². The lowest BCUT2D eigenvalue weighted by Gasteiger charge is -2.25. The number of hydrogen-bond donors (Lipinski definition) is 0. The van der Waals surface area contributed by atoms with E-state index in [0.29, 0.717) is 12.8 Å². The minimum absolute atomic E-state index is 0.0706. The molecule has 2 atom stereocenters. The van der Waals surface area contributed by atoms with Crippen LogP contribution in [0.15, 0.2) is 0 Å². The summed E-state index contributed by atoms with van der Waals surface area (Å²) >= 11 is 0. The zero-order valence-corrected chi connectivity index (χ0v) is 7.00. The van der Waals surface area contributed by atoms with E-state index >= 15 is 0 Å². The Hall–Kier alpha value is -0.410. The Morgan fingerprint density at radius 2 is 1.64 bits per heavy atom. The van der Waals surface area contributed by atoms with Crippen molar-refractivity contribution in [3.05, 3.63) is 0 Å². The molecular weight excluding hydrogens is 144 g/mol. The van der Waals surface area contributed by atoms with E-state index in [1.807, 2.05) is 0 Å². The van der Waals surface area contributed by atoms with Crippen molar-refractivity contribution in [2.24, 2.45) is 0 Å². The highest BCUT2D eigenvalue weighted by molar-refractivity contribution is 5.80. The summed E-state index contributed by atoms with van der Waals surface area (Å²) < 4.78 is 10.2. The number of rotatable bonds is 2. The van der Waals surface area contributed by atoms with Crippen LogP contribution in [0.3, 0.4) is 0 Å². The molecule has 0 N–H and O–H groups in total. The fraction of sp³-hybridized carbons (Fsp3) is 0.875. The van der Waals surface area contributed by atoms with Gasteiger partial charge in [-0.2, -0.15) is 0 Å². The quantitative estimate of drug-likeness (QED) is 0.595. The summed E-state index contributed by atoms with van der Waals surface area (Å²) in [5, 5.41) is 0. The van der Waals surface area contributed by atoms with Gasteiger partial charge in [0.1, 0.15) is 5.78 Å². The topological polar surface area (TPSA) is 35.5 Å². The van der Waals surface area contributed by atoms with Crippen molar-refractivity contribution in [3.63, 3.8) is 0 Å². The molecule has 1 aliphatic carbocycles. The zero-order chi connectivity index (χ0) is 8.27. The van der Waals surface area contributed by atoms with Crippen LogP contribution in [-0.2, 0) is 14.3 Å². The van der Waals surface area contributed by atoms with Crippen LogP contribution in [0.2, 0.25) is 0 Å². The lowest BCUT2D eigenvalue weighted by Crippen LogP contribution is -2.32. The zero-order valence-electron chi connectivity index (χ0n) is 7.00. The highest BCUT2D eigenvalue weighted by atomic mass is 16.5. The van der Waals surface area contributed by atoms with Crippen molar-refractivity contribution in [3.8, 4) is 0 Å². The predicted octanol–water partition coefficient (Wildman–Crippen LogP) is 0.769. The molecule has 0 heterocycles. The van der Waals surface area contributed by atoms with Crippen molar-refractivity contribution >= 4 is 5.78 Å². The summed E-state index contributed by atoms with van der Waals surface area (Å²) in [6, 6.07) is 0. The highest BCUT2D eigenvalue weighted by Gasteiger charge is 2.26. The van der Waals surface area contributed by atoms with Crippen LogP contribution in [0, 0.1) is 0 Å². The van der Waals surface area contributed by atoms with Crippen molar-refractivity contribution in [1.29, 1.82) is 0 Å². The van der Waals surface area contributed by atoms with Gasteiger partial charge in [-0.3, -0.25) is 4.79 Å². The molecule has 0 aromatic heterocycles. The summed E-state index contributed by atoms with van der Waals surface area (Å²) in [7, 11) is 3.27.